The molecule has 0 aliphatic carbocycles. The van der Waals surface area contributed by atoms with Crippen LogP contribution in [0.15, 0.2) is 29.2 Å². The van der Waals surface area contributed by atoms with Crippen molar-refractivity contribution in [3.63, 3.8) is 0 Å². The first-order valence-corrected chi connectivity index (χ1v) is 8.25. The highest BCUT2D eigenvalue weighted by molar-refractivity contribution is 7.91. The van der Waals surface area contributed by atoms with E-state index in [1.807, 2.05) is 0 Å². The third-order valence-electron chi connectivity index (χ3n) is 2.92. The number of likely N-dealkylation sites (N-methyl/N-ethyl adjacent to an activating group) is 1. The molecular weight excluding hydrogens is 290 g/mol. The van der Waals surface area contributed by atoms with Crippen molar-refractivity contribution in [2.24, 2.45) is 5.73 Å². The average Bonchev–Trinajstić information content (AvgIpc) is 2.34. The van der Waals surface area contributed by atoms with Gasteiger partial charge in [-0.15, -0.1) is 0 Å². The van der Waals surface area contributed by atoms with Crippen LogP contribution in [-0.4, -0.2) is 55.8 Å². The van der Waals surface area contributed by atoms with Gasteiger partial charge >= 0.3 is 0 Å². The van der Waals surface area contributed by atoms with E-state index in [1.54, 1.807) is 25.8 Å². The van der Waals surface area contributed by atoms with Gasteiger partial charge < -0.3 is 15.7 Å². The SMILES string of the molecule is CN(CCS(=O)(=O)c1ccc(C(=N)N)cc1)CC(C)(C)O. The van der Waals surface area contributed by atoms with E-state index in [2.05, 4.69) is 0 Å². The van der Waals surface area contributed by atoms with Crippen molar-refractivity contribution in [1.29, 1.82) is 5.41 Å². The van der Waals surface area contributed by atoms with Crippen LogP contribution in [0.1, 0.15) is 19.4 Å². The maximum Gasteiger partial charge on any atom is 0.179 e. The van der Waals surface area contributed by atoms with Gasteiger partial charge in [0.1, 0.15) is 5.84 Å². The number of amidine groups is 1. The molecule has 0 saturated heterocycles. The van der Waals surface area contributed by atoms with Gasteiger partial charge in [0, 0.05) is 18.7 Å². The molecule has 0 aliphatic rings. The molecule has 6 nitrogen and oxygen atoms in total. The van der Waals surface area contributed by atoms with Crippen LogP contribution in [0.2, 0.25) is 0 Å². The third kappa shape index (κ3) is 5.82. The lowest BCUT2D eigenvalue weighted by Crippen LogP contribution is -2.38. The molecule has 0 amide bonds. The van der Waals surface area contributed by atoms with Gasteiger partial charge in [-0.2, -0.15) is 0 Å². The smallest absolute Gasteiger partial charge is 0.179 e. The van der Waals surface area contributed by atoms with Crippen molar-refractivity contribution < 1.29 is 13.5 Å². The molecule has 1 aromatic carbocycles. The van der Waals surface area contributed by atoms with Gasteiger partial charge in [0.15, 0.2) is 9.84 Å². The maximum absolute atomic E-state index is 12.2. The summed E-state index contributed by atoms with van der Waals surface area (Å²) in [4.78, 5) is 1.99. The zero-order valence-electron chi connectivity index (χ0n) is 12.6. The number of nitrogens with two attached hydrogens (primary N) is 1. The van der Waals surface area contributed by atoms with Crippen molar-refractivity contribution in [3.8, 4) is 0 Å². The molecule has 21 heavy (non-hydrogen) atoms. The molecule has 0 radical (unpaired) electrons. The predicted molar refractivity (Wildman–Crippen MR) is 83.3 cm³/mol. The molecule has 0 saturated carbocycles. The van der Waals surface area contributed by atoms with Crippen molar-refractivity contribution in [2.45, 2.75) is 24.3 Å². The first kappa shape index (κ1) is 17.6. The Morgan fingerprint density at radius 1 is 1.33 bits per heavy atom. The van der Waals surface area contributed by atoms with Gasteiger partial charge in [-0.05, 0) is 33.0 Å². The Kier molecular flexibility index (Phi) is 5.49. The Morgan fingerprint density at radius 2 is 1.86 bits per heavy atom. The highest BCUT2D eigenvalue weighted by atomic mass is 32.2. The topological polar surface area (TPSA) is 107 Å². The summed E-state index contributed by atoms with van der Waals surface area (Å²) < 4.78 is 24.4. The summed E-state index contributed by atoms with van der Waals surface area (Å²) >= 11 is 0. The van der Waals surface area contributed by atoms with Crippen LogP contribution in [-0.2, 0) is 9.84 Å². The van der Waals surface area contributed by atoms with Crippen LogP contribution in [0, 0.1) is 5.41 Å². The molecule has 0 aliphatic heterocycles. The molecule has 1 aromatic rings. The maximum atomic E-state index is 12.2. The largest absolute Gasteiger partial charge is 0.389 e. The van der Waals surface area contributed by atoms with E-state index in [-0.39, 0.29) is 16.5 Å². The summed E-state index contributed by atoms with van der Waals surface area (Å²) in [7, 11) is -1.62. The van der Waals surface area contributed by atoms with E-state index in [4.69, 9.17) is 11.1 Å². The highest BCUT2D eigenvalue weighted by Gasteiger charge is 2.19. The molecule has 7 heteroatoms. The normalized spacial score (nSPS) is 12.6. The number of nitrogens with zero attached hydrogens (tertiary/aromatic N) is 1. The fourth-order valence-electron chi connectivity index (χ4n) is 1.98. The minimum atomic E-state index is -3.39. The van der Waals surface area contributed by atoms with E-state index < -0.39 is 15.4 Å². The number of nitrogen functional groups attached to an aromatic ring is 1. The van der Waals surface area contributed by atoms with Gasteiger partial charge in [0.05, 0.1) is 16.2 Å². The minimum Gasteiger partial charge on any atom is -0.389 e. The quantitative estimate of drug-likeness (QED) is 0.500. The van der Waals surface area contributed by atoms with E-state index in [0.717, 1.165) is 0 Å². The molecule has 1 rings (SSSR count). The summed E-state index contributed by atoms with van der Waals surface area (Å²) in [5.74, 6) is -0.122. The zero-order chi connectivity index (χ0) is 16.3. The van der Waals surface area contributed by atoms with E-state index in [9.17, 15) is 13.5 Å². The molecule has 0 fully saturated rings. The number of benzene rings is 1. The van der Waals surface area contributed by atoms with E-state index in [1.165, 1.54) is 24.3 Å². The van der Waals surface area contributed by atoms with Crippen LogP contribution in [0.3, 0.4) is 0 Å². The number of sulfone groups is 1. The second-order valence-corrected chi connectivity index (χ2v) is 7.92. The Hall–Kier alpha value is -1.44. The summed E-state index contributed by atoms with van der Waals surface area (Å²) in [5.41, 5.74) is 4.97. The Morgan fingerprint density at radius 3 is 2.29 bits per heavy atom. The molecule has 0 aromatic heterocycles. The van der Waals surface area contributed by atoms with Gasteiger partial charge in [-0.25, -0.2) is 8.42 Å². The fraction of sp³-hybridized carbons (Fsp3) is 0.500. The molecule has 118 valence electrons. The molecule has 0 unspecified atom stereocenters. The number of nitrogens with one attached hydrogen (secondary N) is 1. The summed E-state index contributed by atoms with van der Waals surface area (Å²) in [6.07, 6.45) is 0. The molecule has 0 spiro atoms. The van der Waals surface area contributed by atoms with Gasteiger partial charge in [-0.1, -0.05) is 12.1 Å². The highest BCUT2D eigenvalue weighted by Crippen LogP contribution is 2.13. The van der Waals surface area contributed by atoms with E-state index in [0.29, 0.717) is 18.7 Å². The minimum absolute atomic E-state index is 0.0288. The van der Waals surface area contributed by atoms with Crippen LogP contribution in [0.5, 0.6) is 0 Å². The zero-order valence-corrected chi connectivity index (χ0v) is 13.4. The van der Waals surface area contributed by atoms with Crippen LogP contribution in [0.25, 0.3) is 0 Å². The summed E-state index contributed by atoms with van der Waals surface area (Å²) in [6.45, 7) is 4.09. The Bertz CT molecular complexity index is 589. The van der Waals surface area contributed by atoms with Crippen molar-refractivity contribution in [1.82, 2.24) is 4.90 Å². The van der Waals surface area contributed by atoms with Crippen molar-refractivity contribution >= 4 is 15.7 Å². The Labute approximate surface area is 126 Å². The second kappa shape index (κ2) is 6.55. The van der Waals surface area contributed by atoms with Crippen LogP contribution in [0.4, 0.5) is 0 Å². The molecule has 0 atom stereocenters. The number of hydrogen-bond acceptors (Lipinski definition) is 5. The van der Waals surface area contributed by atoms with Crippen molar-refractivity contribution in [3.05, 3.63) is 29.8 Å². The van der Waals surface area contributed by atoms with Gasteiger partial charge in [0.25, 0.3) is 0 Å². The summed E-state index contributed by atoms with van der Waals surface area (Å²) in [5, 5.41) is 17.0. The number of hydrogen-bond donors (Lipinski definition) is 3. The monoisotopic (exact) mass is 313 g/mol. The molecule has 0 heterocycles. The lowest BCUT2D eigenvalue weighted by atomic mass is 10.1. The number of rotatable bonds is 7. The molecule has 4 N–H and O–H groups in total. The Balaban J connectivity index is 2.71. The van der Waals surface area contributed by atoms with Crippen LogP contribution >= 0.6 is 0 Å². The lowest BCUT2D eigenvalue weighted by molar-refractivity contribution is 0.0463. The molecular formula is C14H23N3O3S. The third-order valence-corrected chi connectivity index (χ3v) is 4.63. The van der Waals surface area contributed by atoms with Crippen LogP contribution < -0.4 is 5.73 Å². The second-order valence-electron chi connectivity index (χ2n) is 5.81. The van der Waals surface area contributed by atoms with E-state index >= 15 is 0 Å². The lowest BCUT2D eigenvalue weighted by Gasteiger charge is -2.25. The number of aliphatic hydroxyl groups is 1. The first-order chi connectivity index (χ1) is 9.51. The summed E-state index contributed by atoms with van der Waals surface area (Å²) in [6, 6.07) is 5.97. The van der Waals surface area contributed by atoms with Crippen molar-refractivity contribution in [2.75, 3.05) is 25.9 Å². The fourth-order valence-corrected chi connectivity index (χ4v) is 3.31. The van der Waals surface area contributed by atoms with Gasteiger partial charge in [-0.3, -0.25) is 5.41 Å². The predicted octanol–water partition coefficient (Wildman–Crippen LogP) is 0.447. The van der Waals surface area contributed by atoms with Gasteiger partial charge in [0.2, 0.25) is 0 Å². The standard InChI is InChI=1S/C14H23N3O3S/c1-14(2,18)10-17(3)8-9-21(19,20)12-6-4-11(5-7-12)13(15)16/h4-7,18H,8-10H2,1-3H3,(H3,15,16). The molecule has 0 bridgehead atoms. The first-order valence-electron chi connectivity index (χ1n) is 6.59. The average molecular weight is 313 g/mol.